The number of hydrogen-bond donors (Lipinski definition) is 3. The van der Waals surface area contributed by atoms with Crippen molar-refractivity contribution < 1.29 is 4.79 Å². The SMILES string of the molecule is CCCc1cc(NC(=O)c2cc(N)cc(Cl)c2)n[nH]1. The number of nitrogens with one attached hydrogen (secondary N) is 2. The van der Waals surface area contributed by atoms with Crippen LogP contribution in [0.3, 0.4) is 0 Å². The highest BCUT2D eigenvalue weighted by Crippen LogP contribution is 2.18. The average Bonchev–Trinajstić information content (AvgIpc) is 2.76. The Hall–Kier alpha value is -2.01. The summed E-state index contributed by atoms with van der Waals surface area (Å²) in [5, 5.41) is 10.0. The standard InChI is InChI=1S/C13H15ClN4O/c1-2-3-11-7-12(18-17-11)16-13(19)8-4-9(14)6-10(15)5-8/h4-7H,2-3,15H2,1H3,(H2,16,17,18,19). The number of carbonyl (C=O) groups is 1. The number of carbonyl (C=O) groups excluding carboxylic acids is 1. The molecule has 0 saturated heterocycles. The van der Waals surface area contributed by atoms with Crippen molar-refractivity contribution in [2.24, 2.45) is 0 Å². The van der Waals surface area contributed by atoms with Gasteiger partial charge in [-0.15, -0.1) is 0 Å². The Morgan fingerprint density at radius 3 is 2.89 bits per heavy atom. The first-order chi connectivity index (χ1) is 9.08. The third-order valence-corrected chi connectivity index (χ3v) is 2.79. The maximum absolute atomic E-state index is 12.0. The number of aromatic nitrogens is 2. The summed E-state index contributed by atoms with van der Waals surface area (Å²) in [7, 11) is 0. The van der Waals surface area contributed by atoms with Gasteiger partial charge in [-0.1, -0.05) is 24.9 Å². The molecule has 1 heterocycles. The van der Waals surface area contributed by atoms with Gasteiger partial charge in [0.05, 0.1) is 0 Å². The quantitative estimate of drug-likeness (QED) is 0.752. The molecule has 1 aromatic heterocycles. The average molecular weight is 279 g/mol. The zero-order valence-electron chi connectivity index (χ0n) is 10.5. The van der Waals surface area contributed by atoms with E-state index in [0.717, 1.165) is 18.5 Å². The van der Waals surface area contributed by atoms with Crippen LogP contribution in [0.15, 0.2) is 24.3 Å². The summed E-state index contributed by atoms with van der Waals surface area (Å²) in [6.45, 7) is 2.08. The zero-order valence-corrected chi connectivity index (χ0v) is 11.3. The molecule has 0 aliphatic heterocycles. The van der Waals surface area contributed by atoms with Crippen molar-refractivity contribution >= 4 is 29.0 Å². The molecular formula is C13H15ClN4O. The van der Waals surface area contributed by atoms with E-state index in [2.05, 4.69) is 22.4 Å². The number of nitrogens with two attached hydrogens (primary N) is 1. The Bertz CT molecular complexity index is 574. The first kappa shape index (κ1) is 13.4. The van der Waals surface area contributed by atoms with Gasteiger partial charge in [-0.25, -0.2) is 0 Å². The number of rotatable bonds is 4. The van der Waals surface area contributed by atoms with Gasteiger partial charge in [-0.2, -0.15) is 5.10 Å². The molecule has 0 aliphatic rings. The van der Waals surface area contributed by atoms with Gasteiger partial charge >= 0.3 is 0 Å². The Morgan fingerprint density at radius 2 is 2.21 bits per heavy atom. The number of halogens is 1. The number of benzene rings is 1. The normalized spacial score (nSPS) is 10.4. The lowest BCUT2D eigenvalue weighted by Crippen LogP contribution is -2.12. The van der Waals surface area contributed by atoms with Crippen LogP contribution in [0.1, 0.15) is 29.4 Å². The minimum absolute atomic E-state index is 0.288. The third kappa shape index (κ3) is 3.48. The minimum Gasteiger partial charge on any atom is -0.399 e. The second-order valence-electron chi connectivity index (χ2n) is 4.26. The molecule has 6 heteroatoms. The molecule has 0 spiro atoms. The fourth-order valence-electron chi connectivity index (χ4n) is 1.75. The Morgan fingerprint density at radius 1 is 1.42 bits per heavy atom. The van der Waals surface area contributed by atoms with E-state index >= 15 is 0 Å². The highest BCUT2D eigenvalue weighted by atomic mass is 35.5. The van der Waals surface area contributed by atoms with E-state index in [9.17, 15) is 4.79 Å². The van der Waals surface area contributed by atoms with Crippen LogP contribution in [0.2, 0.25) is 5.02 Å². The van der Waals surface area contributed by atoms with Gasteiger partial charge in [0.15, 0.2) is 5.82 Å². The number of H-pyrrole nitrogens is 1. The molecule has 19 heavy (non-hydrogen) atoms. The van der Waals surface area contributed by atoms with E-state index in [4.69, 9.17) is 17.3 Å². The Balaban J connectivity index is 2.11. The number of hydrogen-bond acceptors (Lipinski definition) is 3. The van der Waals surface area contributed by atoms with E-state index in [1.807, 2.05) is 6.07 Å². The predicted octanol–water partition coefficient (Wildman–Crippen LogP) is 2.85. The van der Waals surface area contributed by atoms with E-state index in [-0.39, 0.29) is 5.91 Å². The monoisotopic (exact) mass is 278 g/mol. The molecule has 5 nitrogen and oxygen atoms in total. The van der Waals surface area contributed by atoms with E-state index in [1.54, 1.807) is 18.2 Å². The summed E-state index contributed by atoms with van der Waals surface area (Å²) < 4.78 is 0. The zero-order chi connectivity index (χ0) is 13.8. The molecule has 2 aromatic rings. The van der Waals surface area contributed by atoms with Gasteiger partial charge in [0.2, 0.25) is 0 Å². The Kier molecular flexibility index (Phi) is 4.06. The number of nitrogens with zero attached hydrogens (tertiary/aromatic N) is 1. The van der Waals surface area contributed by atoms with Crippen molar-refractivity contribution in [2.45, 2.75) is 19.8 Å². The molecule has 1 amide bonds. The molecule has 100 valence electrons. The molecule has 0 atom stereocenters. The van der Waals surface area contributed by atoms with Crippen LogP contribution in [-0.2, 0) is 6.42 Å². The molecule has 0 aliphatic carbocycles. The summed E-state index contributed by atoms with van der Waals surface area (Å²) >= 11 is 5.86. The highest BCUT2D eigenvalue weighted by molar-refractivity contribution is 6.31. The highest BCUT2D eigenvalue weighted by Gasteiger charge is 2.10. The van der Waals surface area contributed by atoms with Gasteiger partial charge < -0.3 is 11.1 Å². The van der Waals surface area contributed by atoms with Crippen molar-refractivity contribution in [2.75, 3.05) is 11.1 Å². The first-order valence-corrected chi connectivity index (χ1v) is 6.38. The second-order valence-corrected chi connectivity index (χ2v) is 4.69. The summed E-state index contributed by atoms with van der Waals surface area (Å²) in [6.07, 6.45) is 1.91. The summed E-state index contributed by atoms with van der Waals surface area (Å²) in [5.41, 5.74) is 7.50. The maximum atomic E-state index is 12.0. The van der Waals surface area contributed by atoms with Crippen LogP contribution in [0.5, 0.6) is 0 Å². The molecular weight excluding hydrogens is 264 g/mol. The molecule has 0 radical (unpaired) electrons. The largest absolute Gasteiger partial charge is 0.399 e. The number of aryl methyl sites for hydroxylation is 1. The summed E-state index contributed by atoms with van der Waals surface area (Å²) in [4.78, 5) is 12.0. The van der Waals surface area contributed by atoms with Gasteiger partial charge in [0, 0.05) is 28.0 Å². The molecule has 1 aromatic carbocycles. The number of aromatic amines is 1. The lowest BCUT2D eigenvalue weighted by atomic mass is 10.2. The van der Waals surface area contributed by atoms with Crippen molar-refractivity contribution in [3.05, 3.63) is 40.5 Å². The number of anilines is 2. The van der Waals surface area contributed by atoms with E-state index in [1.165, 1.54) is 0 Å². The Labute approximate surface area is 116 Å². The molecule has 0 bridgehead atoms. The number of nitrogen functional groups attached to an aromatic ring is 1. The maximum Gasteiger partial charge on any atom is 0.256 e. The van der Waals surface area contributed by atoms with Crippen LogP contribution in [0.4, 0.5) is 11.5 Å². The third-order valence-electron chi connectivity index (χ3n) is 2.57. The van der Waals surface area contributed by atoms with Crippen LogP contribution >= 0.6 is 11.6 Å². The smallest absolute Gasteiger partial charge is 0.256 e. The van der Waals surface area contributed by atoms with Crippen molar-refractivity contribution in [3.63, 3.8) is 0 Å². The van der Waals surface area contributed by atoms with Gasteiger partial charge in [0.1, 0.15) is 0 Å². The summed E-state index contributed by atoms with van der Waals surface area (Å²) in [6, 6.07) is 6.54. The van der Waals surface area contributed by atoms with E-state index < -0.39 is 0 Å². The molecule has 0 fully saturated rings. The topological polar surface area (TPSA) is 83.8 Å². The van der Waals surface area contributed by atoms with Crippen LogP contribution in [0.25, 0.3) is 0 Å². The molecule has 0 unspecified atom stereocenters. The molecule has 4 N–H and O–H groups in total. The van der Waals surface area contributed by atoms with Crippen LogP contribution < -0.4 is 11.1 Å². The number of amides is 1. The molecule has 2 rings (SSSR count). The van der Waals surface area contributed by atoms with E-state index in [0.29, 0.717) is 22.1 Å². The van der Waals surface area contributed by atoms with Gasteiger partial charge in [-0.05, 0) is 24.6 Å². The van der Waals surface area contributed by atoms with Crippen molar-refractivity contribution in [1.29, 1.82) is 0 Å². The van der Waals surface area contributed by atoms with Gasteiger partial charge in [0.25, 0.3) is 5.91 Å². The predicted molar refractivity (Wildman–Crippen MR) is 76.4 cm³/mol. The minimum atomic E-state index is -0.288. The fraction of sp³-hybridized carbons (Fsp3) is 0.231. The second kappa shape index (κ2) is 5.75. The van der Waals surface area contributed by atoms with Crippen molar-refractivity contribution in [1.82, 2.24) is 10.2 Å². The van der Waals surface area contributed by atoms with Crippen molar-refractivity contribution in [3.8, 4) is 0 Å². The first-order valence-electron chi connectivity index (χ1n) is 6.00. The van der Waals surface area contributed by atoms with Crippen LogP contribution in [0, 0.1) is 0 Å². The fourth-order valence-corrected chi connectivity index (χ4v) is 2.00. The van der Waals surface area contributed by atoms with Crippen LogP contribution in [-0.4, -0.2) is 16.1 Å². The lowest BCUT2D eigenvalue weighted by Gasteiger charge is -2.03. The summed E-state index contributed by atoms with van der Waals surface area (Å²) in [5.74, 6) is 0.204. The lowest BCUT2D eigenvalue weighted by molar-refractivity contribution is 0.102. The molecule has 0 saturated carbocycles. The van der Waals surface area contributed by atoms with Gasteiger partial charge in [-0.3, -0.25) is 9.89 Å².